The molecule has 0 spiro atoms. The summed E-state index contributed by atoms with van der Waals surface area (Å²) in [6.07, 6.45) is 6.02. The molecule has 6 nitrogen and oxygen atoms in total. The third-order valence-corrected chi connectivity index (χ3v) is 5.04. The van der Waals surface area contributed by atoms with E-state index in [1.807, 2.05) is 19.1 Å². The van der Waals surface area contributed by atoms with Crippen molar-refractivity contribution in [3.63, 3.8) is 0 Å². The molecule has 1 aromatic heterocycles. The second-order valence-electron chi connectivity index (χ2n) is 5.48. The van der Waals surface area contributed by atoms with Gasteiger partial charge in [-0.3, -0.25) is 9.78 Å². The molecule has 0 saturated carbocycles. The molecule has 116 valence electrons. The molecule has 2 atom stereocenters. The van der Waals surface area contributed by atoms with Crippen molar-refractivity contribution in [2.24, 2.45) is 5.92 Å². The second-order valence-corrected chi connectivity index (χ2v) is 7.46. The van der Waals surface area contributed by atoms with E-state index in [1.54, 1.807) is 12.4 Å². The summed E-state index contributed by atoms with van der Waals surface area (Å²) in [4.78, 5) is 16.3. The number of hydrogen-bond acceptors (Lipinski definition) is 4. The first-order chi connectivity index (χ1) is 9.88. The van der Waals surface area contributed by atoms with E-state index >= 15 is 0 Å². The Balaban J connectivity index is 1.97. The summed E-state index contributed by atoms with van der Waals surface area (Å²) in [7, 11) is -3.23. The highest BCUT2D eigenvalue weighted by molar-refractivity contribution is 7.88. The largest absolute Gasteiger partial charge is 0.349 e. The van der Waals surface area contributed by atoms with E-state index in [0.717, 1.165) is 12.0 Å². The minimum Gasteiger partial charge on any atom is -0.349 e. The van der Waals surface area contributed by atoms with E-state index in [0.29, 0.717) is 13.0 Å². The number of amides is 1. The van der Waals surface area contributed by atoms with Gasteiger partial charge < -0.3 is 5.32 Å². The van der Waals surface area contributed by atoms with Gasteiger partial charge in [-0.15, -0.1) is 0 Å². The van der Waals surface area contributed by atoms with E-state index in [9.17, 15) is 13.2 Å². The van der Waals surface area contributed by atoms with Crippen LogP contribution < -0.4 is 5.32 Å². The van der Waals surface area contributed by atoms with Crippen molar-refractivity contribution in [1.82, 2.24) is 14.6 Å². The highest BCUT2D eigenvalue weighted by Crippen LogP contribution is 2.20. The number of nitrogens with one attached hydrogen (secondary N) is 1. The summed E-state index contributed by atoms with van der Waals surface area (Å²) in [6, 6.07) is 3.59. The Kier molecular flexibility index (Phi) is 4.95. The number of aromatic nitrogens is 1. The third-order valence-electron chi connectivity index (χ3n) is 3.77. The average Bonchev–Trinajstić information content (AvgIpc) is 2.47. The number of pyridine rings is 1. The molecule has 1 fully saturated rings. The van der Waals surface area contributed by atoms with Crippen molar-refractivity contribution in [3.05, 3.63) is 30.1 Å². The van der Waals surface area contributed by atoms with Gasteiger partial charge in [0.05, 0.1) is 18.2 Å². The maximum absolute atomic E-state index is 12.3. The summed E-state index contributed by atoms with van der Waals surface area (Å²) in [5, 5.41) is 2.94. The number of sulfonamides is 1. The van der Waals surface area contributed by atoms with Crippen LogP contribution in [0, 0.1) is 5.92 Å². The van der Waals surface area contributed by atoms with E-state index < -0.39 is 10.0 Å². The lowest BCUT2D eigenvalue weighted by Gasteiger charge is -2.30. The van der Waals surface area contributed by atoms with Gasteiger partial charge >= 0.3 is 0 Å². The van der Waals surface area contributed by atoms with E-state index in [-0.39, 0.29) is 24.4 Å². The topological polar surface area (TPSA) is 79.4 Å². The fraction of sp³-hybridized carbons (Fsp3) is 0.571. The molecular weight excluding hydrogens is 290 g/mol. The summed E-state index contributed by atoms with van der Waals surface area (Å²) in [5.41, 5.74) is 0.932. The Morgan fingerprint density at radius 2 is 2.29 bits per heavy atom. The Morgan fingerprint density at radius 3 is 2.90 bits per heavy atom. The zero-order valence-corrected chi connectivity index (χ0v) is 13.1. The van der Waals surface area contributed by atoms with Crippen LogP contribution in [0.15, 0.2) is 24.5 Å². The van der Waals surface area contributed by atoms with Crippen LogP contribution in [0.4, 0.5) is 0 Å². The first-order valence-corrected chi connectivity index (χ1v) is 8.88. The number of rotatable bonds is 4. The van der Waals surface area contributed by atoms with Crippen LogP contribution >= 0.6 is 0 Å². The zero-order chi connectivity index (χ0) is 15.5. The van der Waals surface area contributed by atoms with Gasteiger partial charge in [0, 0.05) is 25.5 Å². The van der Waals surface area contributed by atoms with Gasteiger partial charge in [0.15, 0.2) is 0 Å². The fourth-order valence-electron chi connectivity index (χ4n) is 2.50. The summed E-state index contributed by atoms with van der Waals surface area (Å²) in [5.74, 6) is -0.382. The molecule has 0 unspecified atom stereocenters. The predicted octanol–water partition coefficient (Wildman–Crippen LogP) is 0.930. The fourth-order valence-corrected chi connectivity index (χ4v) is 3.42. The molecule has 7 heteroatoms. The quantitative estimate of drug-likeness (QED) is 0.897. The van der Waals surface area contributed by atoms with Gasteiger partial charge in [0.1, 0.15) is 0 Å². The maximum Gasteiger partial charge on any atom is 0.224 e. The van der Waals surface area contributed by atoms with Gasteiger partial charge in [0.25, 0.3) is 0 Å². The first-order valence-electron chi connectivity index (χ1n) is 7.03. The molecule has 1 N–H and O–H groups in total. The molecule has 2 rings (SSSR count). The standard InChI is InChI=1S/C14H21N3O3S/c1-11(12-5-3-7-15-9-12)16-14(18)13-6-4-8-17(10-13)21(2,19)20/h3,5,7,9,11,13H,4,6,8,10H2,1-2H3,(H,16,18)/t11-,13+/m0/s1. The Morgan fingerprint density at radius 1 is 1.52 bits per heavy atom. The average molecular weight is 311 g/mol. The van der Waals surface area contributed by atoms with E-state index in [1.165, 1.54) is 10.6 Å². The third kappa shape index (κ3) is 4.25. The highest BCUT2D eigenvalue weighted by Gasteiger charge is 2.30. The molecule has 0 bridgehead atoms. The minimum absolute atomic E-state index is 0.0975. The molecule has 1 amide bonds. The summed E-state index contributed by atoms with van der Waals surface area (Å²) >= 11 is 0. The molecule has 1 aliphatic heterocycles. The monoisotopic (exact) mass is 311 g/mol. The number of piperidine rings is 1. The second kappa shape index (κ2) is 6.53. The van der Waals surface area contributed by atoms with Crippen LogP contribution in [-0.4, -0.2) is 43.0 Å². The van der Waals surface area contributed by atoms with Crippen molar-refractivity contribution in [2.75, 3.05) is 19.3 Å². The minimum atomic E-state index is -3.23. The highest BCUT2D eigenvalue weighted by atomic mass is 32.2. The normalized spacial score (nSPS) is 21.7. The molecule has 1 saturated heterocycles. The van der Waals surface area contributed by atoms with Gasteiger partial charge in [-0.05, 0) is 31.4 Å². The van der Waals surface area contributed by atoms with Crippen LogP contribution in [-0.2, 0) is 14.8 Å². The van der Waals surface area contributed by atoms with Crippen LogP contribution in [0.5, 0.6) is 0 Å². The van der Waals surface area contributed by atoms with Gasteiger partial charge in [0.2, 0.25) is 15.9 Å². The predicted molar refractivity (Wildman–Crippen MR) is 79.9 cm³/mol. The Hall–Kier alpha value is -1.47. The maximum atomic E-state index is 12.3. The van der Waals surface area contributed by atoms with Crippen molar-refractivity contribution in [1.29, 1.82) is 0 Å². The summed E-state index contributed by atoms with van der Waals surface area (Å²) in [6.45, 7) is 2.66. The van der Waals surface area contributed by atoms with Crippen LogP contribution in [0.25, 0.3) is 0 Å². The summed E-state index contributed by atoms with van der Waals surface area (Å²) < 4.78 is 24.6. The number of carbonyl (C=O) groups is 1. The van der Waals surface area contributed by atoms with Crippen LogP contribution in [0.2, 0.25) is 0 Å². The smallest absolute Gasteiger partial charge is 0.224 e. The van der Waals surface area contributed by atoms with Crippen molar-refractivity contribution in [3.8, 4) is 0 Å². The lowest BCUT2D eigenvalue weighted by atomic mass is 9.98. The molecule has 21 heavy (non-hydrogen) atoms. The molecule has 1 aromatic rings. The SMILES string of the molecule is C[C@H](NC(=O)[C@@H]1CCCN(S(C)(=O)=O)C1)c1cccnc1. The van der Waals surface area contributed by atoms with Crippen molar-refractivity contribution in [2.45, 2.75) is 25.8 Å². The van der Waals surface area contributed by atoms with Gasteiger partial charge in [-0.2, -0.15) is 0 Å². The molecular formula is C14H21N3O3S. The lowest BCUT2D eigenvalue weighted by molar-refractivity contribution is -0.126. The van der Waals surface area contributed by atoms with Gasteiger partial charge in [-0.25, -0.2) is 12.7 Å². The van der Waals surface area contributed by atoms with Crippen LogP contribution in [0.3, 0.4) is 0 Å². The molecule has 0 aliphatic carbocycles. The number of carbonyl (C=O) groups excluding carboxylic acids is 1. The molecule has 1 aliphatic rings. The lowest BCUT2D eigenvalue weighted by Crippen LogP contribution is -2.45. The number of nitrogens with zero attached hydrogens (tertiary/aromatic N) is 2. The first kappa shape index (κ1) is 15.9. The Labute approximate surface area is 125 Å². The van der Waals surface area contributed by atoms with E-state index in [2.05, 4.69) is 10.3 Å². The molecule has 0 radical (unpaired) electrons. The molecule has 0 aromatic carbocycles. The number of hydrogen-bond donors (Lipinski definition) is 1. The van der Waals surface area contributed by atoms with Crippen molar-refractivity contribution < 1.29 is 13.2 Å². The Bertz CT molecular complexity index is 589. The molecule has 2 heterocycles. The van der Waals surface area contributed by atoms with Gasteiger partial charge in [-0.1, -0.05) is 6.07 Å². The van der Waals surface area contributed by atoms with E-state index in [4.69, 9.17) is 0 Å². The zero-order valence-electron chi connectivity index (χ0n) is 12.3. The van der Waals surface area contributed by atoms with Crippen LogP contribution in [0.1, 0.15) is 31.4 Å². The van der Waals surface area contributed by atoms with Crippen molar-refractivity contribution >= 4 is 15.9 Å².